The Morgan fingerprint density at radius 1 is 0.909 bits per heavy atom. The molecule has 2 unspecified atom stereocenters. The summed E-state index contributed by atoms with van der Waals surface area (Å²) in [6, 6.07) is 9.35. The molecule has 29 heteroatoms. The highest BCUT2D eigenvalue weighted by Crippen LogP contribution is 2.66. The minimum atomic E-state index is -5.78. The van der Waals surface area contributed by atoms with Crippen LogP contribution in [0.15, 0.2) is 43.0 Å². The molecule has 1 amide bonds. The first-order chi connectivity index (χ1) is 36.6. The number of carbonyl (C=O) groups is 2. The number of anilines is 2. The van der Waals surface area contributed by atoms with Gasteiger partial charge in [-0.25, -0.2) is 38.0 Å². The number of amides is 1. The number of aromatic nitrogens is 4. The van der Waals surface area contributed by atoms with Crippen LogP contribution in [0.25, 0.3) is 16.7 Å². The van der Waals surface area contributed by atoms with E-state index in [-0.39, 0.29) is 41.4 Å². The van der Waals surface area contributed by atoms with Crippen molar-refractivity contribution in [2.75, 3.05) is 55.9 Å². The van der Waals surface area contributed by atoms with Crippen molar-refractivity contribution in [1.82, 2.24) is 29.4 Å². The predicted octanol–water partition coefficient (Wildman–Crippen LogP) is 5.11. The Kier molecular flexibility index (Phi) is 14.8. The first-order valence-corrected chi connectivity index (χ1v) is 31.8. The second-order valence-electron chi connectivity index (χ2n) is 20.2. The maximum Gasteiger partial charge on any atom is 0.490 e. The smallest absolute Gasteiger partial charge is 0.478 e. The fourth-order valence-corrected chi connectivity index (χ4v) is 16.6. The number of carboxylic acids is 1. The highest BCUT2D eigenvalue weighted by Gasteiger charge is 2.44. The summed E-state index contributed by atoms with van der Waals surface area (Å²) >= 11 is 0. The number of phosphoric acid groups is 3. The fourth-order valence-electron chi connectivity index (χ4n) is 11.4. The number of carboxylic acid groups (broad SMARTS) is 1. The molecule has 6 aliphatic heterocycles. The predicted molar refractivity (Wildman–Crippen MR) is 283 cm³/mol. The fraction of sp³-hybridized carbons (Fsp3) is 0.458. The summed E-state index contributed by atoms with van der Waals surface area (Å²) in [5.74, 6) is 0.110. The SMILES string of the molecule is CC(C)(CNC(=O)c1ccc(C2=c3cc4c5c(c3Oc3c2cc2c6c3CCCN6CCC2)CCC[N+]=5CCC4)c(C(=O)O)c1)SSCO[C@@H]1C[C@H](n2cnc3c(N)ncnc32)O[C@@H]1COP(=O)(O)OP(=O)(O)OP(=O)(O)O. The molecule has 0 saturated carbocycles. The number of aromatic carboxylic acids is 1. The molecule has 11 rings (SSSR count). The van der Waals surface area contributed by atoms with Crippen molar-refractivity contribution in [1.29, 1.82) is 0 Å². The van der Waals surface area contributed by atoms with Crippen molar-refractivity contribution in [3.05, 3.63) is 98.1 Å². The van der Waals surface area contributed by atoms with Crippen LogP contribution in [-0.4, -0.2) is 118 Å². The molecule has 1 fully saturated rings. The van der Waals surface area contributed by atoms with Crippen LogP contribution in [0.4, 0.5) is 11.5 Å². The van der Waals surface area contributed by atoms with Gasteiger partial charge < -0.3 is 54.8 Å². The molecule has 8 N–H and O–H groups in total. The van der Waals surface area contributed by atoms with Crippen LogP contribution in [0.5, 0.6) is 11.5 Å². The van der Waals surface area contributed by atoms with Gasteiger partial charge in [0.2, 0.25) is 5.36 Å². The zero-order chi connectivity index (χ0) is 54.2. The molecule has 0 bridgehead atoms. The van der Waals surface area contributed by atoms with E-state index in [1.165, 1.54) is 73.6 Å². The standard InChI is InChI=1S/C48H55N8O16P3S2/c1-48(2,77-76-25-67-35-20-37(56-24-53-39-44(49)51-23-52-45(39)56)69-36(35)21-68-74(63,64)72-75(65,66)71-73(60,61)62)22-50-46(57)28-11-12-29(32(19-28)47(58)59)38-33-17-26-7-3-13-54-15-5-9-30(40(26)54)42(33)70-43-31-10-6-16-55-14-4-8-27(41(31)55)18-34(38)43/h11-12,17-19,23-24,35-37H,3-10,13-16,20-22,25H2,1-2H3,(H7-,49,50,51,52,57,58,59,60,61,62,63,64,65,66)/p+1/t35-,36-,37-/m1/s1. The number of nitrogen functional groups attached to an aromatic ring is 1. The topological polar surface area (TPSA) is 330 Å². The minimum Gasteiger partial charge on any atom is -0.478 e. The minimum absolute atomic E-state index is 0.00544. The van der Waals surface area contributed by atoms with Gasteiger partial charge in [0, 0.05) is 82.4 Å². The van der Waals surface area contributed by atoms with Gasteiger partial charge in [-0.05, 0) is 87.8 Å². The van der Waals surface area contributed by atoms with Crippen LogP contribution in [0, 0.1) is 0 Å². The molecular formula is C48H56N8O16P3S2+. The van der Waals surface area contributed by atoms with Crippen molar-refractivity contribution in [2.45, 2.75) is 94.8 Å². The van der Waals surface area contributed by atoms with Crippen LogP contribution >= 0.6 is 45.1 Å². The number of benzene rings is 3. The van der Waals surface area contributed by atoms with Gasteiger partial charge in [0.1, 0.15) is 54.7 Å². The van der Waals surface area contributed by atoms with Gasteiger partial charge >= 0.3 is 29.4 Å². The van der Waals surface area contributed by atoms with Gasteiger partial charge in [-0.15, -0.1) is 0 Å². The van der Waals surface area contributed by atoms with E-state index in [4.69, 9.17) is 34.3 Å². The Labute approximate surface area is 448 Å². The number of carbonyl (C=O) groups excluding carboxylic acids is 1. The van der Waals surface area contributed by atoms with Gasteiger partial charge in [0.25, 0.3) is 5.91 Å². The summed E-state index contributed by atoms with van der Waals surface area (Å²) in [7, 11) is -14.2. The van der Waals surface area contributed by atoms with Crippen molar-refractivity contribution in [3.8, 4) is 11.5 Å². The molecule has 5 atom stereocenters. The molecular weight excluding hydrogens is 1100 g/mol. The molecule has 8 heterocycles. The lowest BCUT2D eigenvalue weighted by molar-refractivity contribution is -0.0522. The van der Waals surface area contributed by atoms with E-state index in [9.17, 15) is 38.2 Å². The lowest BCUT2D eigenvalue weighted by Crippen LogP contribution is -2.45. The summed E-state index contributed by atoms with van der Waals surface area (Å²) in [5.41, 5.74) is 15.1. The highest BCUT2D eigenvalue weighted by molar-refractivity contribution is 8.77. The first-order valence-electron chi connectivity index (χ1n) is 25.0. The number of hydrogen-bond acceptors (Lipinski definition) is 18. The van der Waals surface area contributed by atoms with Gasteiger partial charge in [-0.1, -0.05) is 27.7 Å². The highest BCUT2D eigenvalue weighted by atomic mass is 33.1. The summed E-state index contributed by atoms with van der Waals surface area (Å²) in [6.45, 7) is 7.18. The van der Waals surface area contributed by atoms with Crippen LogP contribution < -0.4 is 35.8 Å². The third kappa shape index (κ3) is 11.1. The third-order valence-electron chi connectivity index (χ3n) is 14.5. The van der Waals surface area contributed by atoms with E-state index in [1.54, 1.807) is 16.7 Å². The van der Waals surface area contributed by atoms with Gasteiger partial charge in [0.05, 0.1) is 30.2 Å². The summed E-state index contributed by atoms with van der Waals surface area (Å²) < 4.78 is 71.3. The number of hydrogen-bond donors (Lipinski definition) is 7. The molecule has 1 saturated heterocycles. The van der Waals surface area contributed by atoms with Gasteiger partial charge in [-0.2, -0.15) is 8.62 Å². The maximum atomic E-state index is 14.0. The van der Waals surface area contributed by atoms with Crippen molar-refractivity contribution in [3.63, 3.8) is 0 Å². The first kappa shape index (κ1) is 54.2. The lowest BCUT2D eigenvalue weighted by atomic mass is 9.81. The van der Waals surface area contributed by atoms with E-state index in [2.05, 4.69) is 50.5 Å². The second kappa shape index (κ2) is 21.0. The number of aryl methyl sites for hydroxylation is 2. The zero-order valence-corrected chi connectivity index (χ0v) is 46.0. The van der Waals surface area contributed by atoms with Crippen molar-refractivity contribution in [2.24, 2.45) is 0 Å². The Morgan fingerprint density at radius 3 is 2.44 bits per heavy atom. The average molecular weight is 1160 g/mol. The molecule has 410 valence electrons. The monoisotopic (exact) mass is 1160 g/mol. The average Bonchev–Trinajstić information content (AvgIpc) is 4.20. The van der Waals surface area contributed by atoms with Crippen LogP contribution in [0.1, 0.15) is 106 Å². The lowest BCUT2D eigenvalue weighted by Gasteiger charge is -2.39. The number of nitrogens with one attached hydrogen (secondary N) is 1. The largest absolute Gasteiger partial charge is 0.490 e. The number of phosphoric ester groups is 1. The van der Waals surface area contributed by atoms with Gasteiger partial charge in [0.15, 0.2) is 11.5 Å². The Bertz CT molecular complexity index is 3540. The van der Waals surface area contributed by atoms with E-state index in [1.807, 2.05) is 13.8 Å². The summed E-state index contributed by atoms with van der Waals surface area (Å²) in [5, 5.41) is 16.1. The van der Waals surface area contributed by atoms with Crippen LogP contribution in [-0.2, 0) is 62.0 Å². The molecule has 24 nitrogen and oxygen atoms in total. The quantitative estimate of drug-likeness (QED) is 0.0193. The zero-order valence-electron chi connectivity index (χ0n) is 41.7. The number of fused-ring (bicyclic) bond motifs is 5. The van der Waals surface area contributed by atoms with Gasteiger partial charge in [-0.3, -0.25) is 13.9 Å². The molecule has 3 aromatic carbocycles. The number of imidazole rings is 1. The second-order valence-corrected chi connectivity index (χ2v) is 27.6. The summed E-state index contributed by atoms with van der Waals surface area (Å²) in [4.78, 5) is 80.1. The molecule has 0 aliphatic carbocycles. The van der Waals surface area contributed by atoms with Crippen molar-refractivity contribution >= 4 is 85.2 Å². The molecule has 6 aliphatic rings. The van der Waals surface area contributed by atoms with E-state index >= 15 is 0 Å². The van der Waals surface area contributed by atoms with E-state index in [0.717, 1.165) is 105 Å². The summed E-state index contributed by atoms with van der Waals surface area (Å²) in [6.07, 6.45) is 7.54. The van der Waals surface area contributed by atoms with E-state index < -0.39 is 65.1 Å². The molecule has 77 heavy (non-hydrogen) atoms. The Hall–Kier alpha value is -4.75. The molecule has 0 spiro atoms. The number of ether oxygens (including phenoxy) is 3. The molecule has 2 aromatic heterocycles. The molecule has 0 radical (unpaired) electrons. The number of rotatable bonds is 18. The normalized spacial score (nSPS) is 21.3. The Balaban J connectivity index is 0.799. The number of nitrogens with two attached hydrogens (primary N) is 1. The van der Waals surface area contributed by atoms with Crippen LogP contribution in [0.3, 0.4) is 0 Å². The van der Waals surface area contributed by atoms with E-state index in [0.29, 0.717) is 11.2 Å². The number of nitrogens with zero attached hydrogens (tertiary/aromatic N) is 6. The third-order valence-corrected chi connectivity index (χ3v) is 21.2. The van der Waals surface area contributed by atoms with Crippen molar-refractivity contribution < 1.29 is 75.3 Å². The maximum absolute atomic E-state index is 14.0. The molecule has 5 aromatic rings. The van der Waals surface area contributed by atoms with Crippen LogP contribution in [0.2, 0.25) is 0 Å². The Morgan fingerprint density at radius 2 is 1.66 bits per heavy atom.